The number of alkyl halides is 3. The van der Waals surface area contributed by atoms with Crippen molar-refractivity contribution in [3.63, 3.8) is 0 Å². The molecule has 0 radical (unpaired) electrons. The van der Waals surface area contributed by atoms with Crippen molar-refractivity contribution < 1.29 is 18.3 Å². The summed E-state index contributed by atoms with van der Waals surface area (Å²) in [5, 5.41) is 11.1. The van der Waals surface area contributed by atoms with Crippen LogP contribution < -0.4 is 0 Å². The van der Waals surface area contributed by atoms with E-state index >= 15 is 0 Å². The summed E-state index contributed by atoms with van der Waals surface area (Å²) >= 11 is 0. The van der Waals surface area contributed by atoms with Gasteiger partial charge in [0.2, 0.25) is 0 Å². The minimum Gasteiger partial charge on any atom is -0.392 e. The number of aliphatic hydroxyl groups excluding tert-OH is 1. The Bertz CT molecular complexity index is 805. The van der Waals surface area contributed by atoms with Gasteiger partial charge >= 0.3 is 6.18 Å². The maximum absolute atomic E-state index is 12.6. The normalized spacial score (nSPS) is 11.8. The van der Waals surface area contributed by atoms with Gasteiger partial charge in [-0.2, -0.15) is 13.2 Å². The highest BCUT2D eigenvalue weighted by molar-refractivity contribution is 5.87. The van der Waals surface area contributed by atoms with Gasteiger partial charge < -0.3 is 5.11 Å². The maximum Gasteiger partial charge on any atom is 0.416 e. The third-order valence-corrected chi connectivity index (χ3v) is 3.63. The van der Waals surface area contributed by atoms with Crippen LogP contribution in [0.4, 0.5) is 13.2 Å². The van der Waals surface area contributed by atoms with Crippen molar-refractivity contribution in [1.82, 2.24) is 0 Å². The number of rotatable bonds is 2. The predicted molar refractivity (Wildman–Crippen MR) is 80.3 cm³/mol. The average molecular weight is 302 g/mol. The van der Waals surface area contributed by atoms with Crippen molar-refractivity contribution in [2.24, 2.45) is 0 Å². The van der Waals surface area contributed by atoms with Crippen LogP contribution >= 0.6 is 0 Å². The van der Waals surface area contributed by atoms with E-state index in [1.54, 1.807) is 0 Å². The van der Waals surface area contributed by atoms with Gasteiger partial charge in [-0.25, -0.2) is 0 Å². The molecule has 1 N–H and O–H groups in total. The number of hydrogen-bond acceptors (Lipinski definition) is 1. The summed E-state index contributed by atoms with van der Waals surface area (Å²) in [6, 6.07) is 16.5. The van der Waals surface area contributed by atoms with E-state index in [-0.39, 0.29) is 6.61 Å². The van der Waals surface area contributed by atoms with Crippen LogP contribution in [0.3, 0.4) is 0 Å². The molecule has 112 valence electrons. The Morgan fingerprint density at radius 1 is 0.727 bits per heavy atom. The second-order valence-electron chi connectivity index (χ2n) is 5.13. The number of aliphatic hydroxyl groups is 1. The standard InChI is InChI=1S/C18H13F3O/c19-18(20,21)17-7-5-13(6-8-17)15-4-3-14-9-12(11-22)1-2-16(14)10-15/h1-10,22H,11H2. The van der Waals surface area contributed by atoms with Crippen molar-refractivity contribution >= 4 is 10.8 Å². The smallest absolute Gasteiger partial charge is 0.392 e. The SMILES string of the molecule is OCc1ccc2cc(-c3ccc(C(F)(F)F)cc3)ccc2c1. The molecular formula is C18H13F3O. The first-order valence-electron chi connectivity index (χ1n) is 6.78. The molecule has 0 aliphatic rings. The monoisotopic (exact) mass is 302 g/mol. The second-order valence-corrected chi connectivity index (χ2v) is 5.13. The second kappa shape index (κ2) is 5.46. The van der Waals surface area contributed by atoms with E-state index < -0.39 is 11.7 Å². The quantitative estimate of drug-likeness (QED) is 0.705. The predicted octanol–water partition coefficient (Wildman–Crippen LogP) is 5.02. The maximum atomic E-state index is 12.6. The first-order valence-corrected chi connectivity index (χ1v) is 6.78. The van der Waals surface area contributed by atoms with Gasteiger partial charge in [-0.05, 0) is 51.7 Å². The lowest BCUT2D eigenvalue weighted by Gasteiger charge is -2.09. The zero-order valence-electron chi connectivity index (χ0n) is 11.6. The molecule has 0 aliphatic carbocycles. The van der Waals surface area contributed by atoms with Crippen molar-refractivity contribution in [3.8, 4) is 11.1 Å². The first-order chi connectivity index (χ1) is 10.5. The molecule has 3 aromatic carbocycles. The van der Waals surface area contributed by atoms with Crippen molar-refractivity contribution in [1.29, 1.82) is 0 Å². The molecule has 0 heterocycles. The third kappa shape index (κ3) is 2.83. The highest BCUT2D eigenvalue weighted by atomic mass is 19.4. The molecule has 22 heavy (non-hydrogen) atoms. The van der Waals surface area contributed by atoms with Crippen LogP contribution in [0.15, 0.2) is 60.7 Å². The third-order valence-electron chi connectivity index (χ3n) is 3.63. The van der Waals surface area contributed by atoms with E-state index in [4.69, 9.17) is 5.11 Å². The van der Waals surface area contributed by atoms with E-state index in [1.165, 1.54) is 12.1 Å². The van der Waals surface area contributed by atoms with Gasteiger partial charge in [0.25, 0.3) is 0 Å². The topological polar surface area (TPSA) is 20.2 Å². The lowest BCUT2D eigenvalue weighted by atomic mass is 9.99. The molecule has 0 saturated heterocycles. The number of fused-ring (bicyclic) bond motifs is 1. The summed E-state index contributed by atoms with van der Waals surface area (Å²) in [5.74, 6) is 0. The van der Waals surface area contributed by atoms with Crippen LogP contribution in [-0.4, -0.2) is 5.11 Å². The van der Waals surface area contributed by atoms with Gasteiger partial charge in [0.15, 0.2) is 0 Å². The minimum atomic E-state index is -4.32. The van der Waals surface area contributed by atoms with Gasteiger partial charge in [0, 0.05) is 0 Å². The lowest BCUT2D eigenvalue weighted by molar-refractivity contribution is -0.137. The molecule has 0 aliphatic heterocycles. The molecule has 0 atom stereocenters. The zero-order chi connectivity index (χ0) is 15.7. The van der Waals surface area contributed by atoms with Gasteiger partial charge in [-0.15, -0.1) is 0 Å². The molecule has 3 aromatic rings. The minimum absolute atomic E-state index is 0.0173. The van der Waals surface area contributed by atoms with Gasteiger partial charge in [-0.1, -0.05) is 36.4 Å². The summed E-state index contributed by atoms with van der Waals surface area (Å²) < 4.78 is 37.7. The van der Waals surface area contributed by atoms with Crippen molar-refractivity contribution in [3.05, 3.63) is 71.8 Å². The Hall–Kier alpha value is -2.33. The summed E-state index contributed by atoms with van der Waals surface area (Å²) in [4.78, 5) is 0. The zero-order valence-corrected chi connectivity index (χ0v) is 11.6. The summed E-state index contributed by atoms with van der Waals surface area (Å²) in [6.45, 7) is -0.0173. The highest BCUT2D eigenvalue weighted by Crippen LogP contribution is 2.31. The van der Waals surface area contributed by atoms with Crippen LogP contribution in [0.2, 0.25) is 0 Å². The van der Waals surface area contributed by atoms with Crippen LogP contribution in [0.5, 0.6) is 0 Å². The van der Waals surface area contributed by atoms with E-state index in [2.05, 4.69) is 0 Å². The lowest BCUT2D eigenvalue weighted by Crippen LogP contribution is -2.03. The molecule has 0 amide bonds. The summed E-state index contributed by atoms with van der Waals surface area (Å²) in [5.41, 5.74) is 1.78. The van der Waals surface area contributed by atoms with E-state index in [0.29, 0.717) is 0 Å². The molecule has 0 fully saturated rings. The van der Waals surface area contributed by atoms with E-state index in [0.717, 1.165) is 39.6 Å². The van der Waals surface area contributed by atoms with Gasteiger partial charge in [-0.3, -0.25) is 0 Å². The molecular weight excluding hydrogens is 289 g/mol. The molecule has 0 aromatic heterocycles. The van der Waals surface area contributed by atoms with Gasteiger partial charge in [0.1, 0.15) is 0 Å². The highest BCUT2D eigenvalue weighted by Gasteiger charge is 2.29. The molecule has 1 nitrogen and oxygen atoms in total. The average Bonchev–Trinajstić information content (AvgIpc) is 2.53. The molecule has 0 spiro atoms. The van der Waals surface area contributed by atoms with Crippen LogP contribution in [0, 0.1) is 0 Å². The number of benzene rings is 3. The molecule has 0 saturated carbocycles. The Morgan fingerprint density at radius 3 is 1.95 bits per heavy atom. The number of hydrogen-bond donors (Lipinski definition) is 1. The van der Waals surface area contributed by atoms with E-state index in [1.807, 2.05) is 36.4 Å². The Morgan fingerprint density at radius 2 is 1.32 bits per heavy atom. The van der Waals surface area contributed by atoms with Crippen LogP contribution in [0.1, 0.15) is 11.1 Å². The fourth-order valence-corrected chi connectivity index (χ4v) is 2.42. The molecule has 0 unspecified atom stereocenters. The molecule has 3 rings (SSSR count). The summed E-state index contributed by atoms with van der Waals surface area (Å²) in [7, 11) is 0. The summed E-state index contributed by atoms with van der Waals surface area (Å²) in [6.07, 6.45) is -4.32. The fraction of sp³-hybridized carbons (Fsp3) is 0.111. The Balaban J connectivity index is 1.99. The fourth-order valence-electron chi connectivity index (χ4n) is 2.42. The molecule has 4 heteroatoms. The van der Waals surface area contributed by atoms with Gasteiger partial charge in [0.05, 0.1) is 12.2 Å². The van der Waals surface area contributed by atoms with Crippen molar-refractivity contribution in [2.45, 2.75) is 12.8 Å². The van der Waals surface area contributed by atoms with Crippen LogP contribution in [0.25, 0.3) is 21.9 Å². The largest absolute Gasteiger partial charge is 0.416 e. The van der Waals surface area contributed by atoms with Crippen molar-refractivity contribution in [2.75, 3.05) is 0 Å². The van der Waals surface area contributed by atoms with Crippen LogP contribution in [-0.2, 0) is 12.8 Å². The number of halogens is 3. The Labute approximate surface area is 125 Å². The first kappa shape index (κ1) is 14.6. The Kier molecular flexibility index (Phi) is 3.62. The molecule has 0 bridgehead atoms. The van der Waals surface area contributed by atoms with E-state index in [9.17, 15) is 13.2 Å².